The molecule has 0 radical (unpaired) electrons. The van der Waals surface area contributed by atoms with Crippen LogP contribution in [0.5, 0.6) is 0 Å². The third-order valence-electron chi connectivity index (χ3n) is 5.44. The van der Waals surface area contributed by atoms with Gasteiger partial charge in [-0.15, -0.1) is 0 Å². The Kier molecular flexibility index (Phi) is 4.03. The van der Waals surface area contributed by atoms with E-state index in [4.69, 9.17) is 5.11 Å². The fraction of sp³-hybridized carbons (Fsp3) is 0.611. The highest BCUT2D eigenvalue weighted by Gasteiger charge is 2.46. The second-order valence-electron chi connectivity index (χ2n) is 6.81. The summed E-state index contributed by atoms with van der Waals surface area (Å²) in [6.45, 7) is 0.945. The van der Waals surface area contributed by atoms with Crippen molar-refractivity contribution >= 4 is 5.91 Å². The van der Waals surface area contributed by atoms with E-state index >= 15 is 0 Å². The molecule has 2 aliphatic carbocycles. The van der Waals surface area contributed by atoms with E-state index in [0.29, 0.717) is 0 Å². The summed E-state index contributed by atoms with van der Waals surface area (Å²) in [4.78, 5) is 12.9. The summed E-state index contributed by atoms with van der Waals surface area (Å²) in [5.74, 6) is 0.190. The second-order valence-corrected chi connectivity index (χ2v) is 6.81. The SMILES string of the molecule is O=C(NCC1(CCO)CC1)C1(c2ccccc2)CCCC1. The second kappa shape index (κ2) is 5.80. The van der Waals surface area contributed by atoms with Gasteiger partial charge in [0.1, 0.15) is 0 Å². The molecule has 2 N–H and O–H groups in total. The van der Waals surface area contributed by atoms with Crippen molar-refractivity contribution in [2.24, 2.45) is 5.41 Å². The Balaban J connectivity index is 1.71. The standard InChI is InChI=1S/C18H25NO2/c20-13-12-17(10-11-17)14-19-16(21)18(8-4-5-9-18)15-6-2-1-3-7-15/h1-3,6-7,20H,4-5,8-14H2,(H,19,21). The minimum atomic E-state index is -0.323. The van der Waals surface area contributed by atoms with E-state index < -0.39 is 0 Å². The first-order valence-corrected chi connectivity index (χ1v) is 8.16. The molecule has 3 heteroatoms. The number of hydrogen-bond acceptors (Lipinski definition) is 2. The monoisotopic (exact) mass is 287 g/mol. The van der Waals surface area contributed by atoms with Gasteiger partial charge in [0.2, 0.25) is 5.91 Å². The first kappa shape index (κ1) is 14.6. The van der Waals surface area contributed by atoms with Crippen molar-refractivity contribution < 1.29 is 9.90 Å². The van der Waals surface area contributed by atoms with Gasteiger partial charge in [-0.3, -0.25) is 4.79 Å². The average Bonchev–Trinajstić information content (AvgIpc) is 3.10. The largest absolute Gasteiger partial charge is 0.396 e. The highest BCUT2D eigenvalue weighted by Crippen LogP contribution is 2.48. The molecule has 0 aromatic heterocycles. The molecule has 114 valence electrons. The van der Waals surface area contributed by atoms with Gasteiger partial charge >= 0.3 is 0 Å². The number of rotatable bonds is 6. The van der Waals surface area contributed by atoms with Crippen molar-refractivity contribution in [1.29, 1.82) is 0 Å². The van der Waals surface area contributed by atoms with Crippen molar-refractivity contribution in [3.05, 3.63) is 35.9 Å². The van der Waals surface area contributed by atoms with Crippen LogP contribution in [0, 0.1) is 5.41 Å². The molecule has 0 heterocycles. The van der Waals surface area contributed by atoms with Gasteiger partial charge in [-0.1, -0.05) is 43.2 Å². The zero-order valence-corrected chi connectivity index (χ0v) is 12.6. The van der Waals surface area contributed by atoms with Crippen LogP contribution in [0.3, 0.4) is 0 Å². The molecule has 0 spiro atoms. The quantitative estimate of drug-likeness (QED) is 0.845. The van der Waals surface area contributed by atoms with Gasteiger partial charge in [0.05, 0.1) is 5.41 Å². The predicted octanol–water partition coefficient (Wildman–Crippen LogP) is 2.78. The Labute approximate surface area is 126 Å². The summed E-state index contributed by atoms with van der Waals surface area (Å²) in [6.07, 6.45) is 7.24. The Bertz CT molecular complexity index is 487. The number of carbonyl (C=O) groups excluding carboxylic acids is 1. The Morgan fingerprint density at radius 3 is 2.33 bits per heavy atom. The van der Waals surface area contributed by atoms with Gasteiger partial charge in [-0.25, -0.2) is 0 Å². The topological polar surface area (TPSA) is 49.3 Å². The maximum atomic E-state index is 12.9. The molecule has 0 atom stereocenters. The van der Waals surface area contributed by atoms with Crippen LogP contribution in [0.2, 0.25) is 0 Å². The molecule has 0 bridgehead atoms. The van der Waals surface area contributed by atoms with Crippen molar-refractivity contribution in [2.75, 3.05) is 13.2 Å². The maximum absolute atomic E-state index is 12.9. The van der Waals surface area contributed by atoms with Gasteiger partial charge in [-0.05, 0) is 43.1 Å². The van der Waals surface area contributed by atoms with Gasteiger partial charge in [0.15, 0.2) is 0 Å². The van der Waals surface area contributed by atoms with Crippen LogP contribution >= 0.6 is 0 Å². The van der Waals surface area contributed by atoms with Crippen LogP contribution in [-0.4, -0.2) is 24.2 Å². The summed E-state index contributed by atoms with van der Waals surface area (Å²) < 4.78 is 0. The van der Waals surface area contributed by atoms with E-state index in [-0.39, 0.29) is 23.3 Å². The smallest absolute Gasteiger partial charge is 0.230 e. The van der Waals surface area contributed by atoms with Gasteiger partial charge in [0, 0.05) is 13.2 Å². The summed E-state index contributed by atoms with van der Waals surface area (Å²) >= 11 is 0. The molecule has 1 amide bonds. The Morgan fingerprint density at radius 1 is 1.10 bits per heavy atom. The molecule has 0 saturated heterocycles. The number of hydrogen-bond donors (Lipinski definition) is 2. The van der Waals surface area contributed by atoms with E-state index in [2.05, 4.69) is 17.4 Å². The number of nitrogens with one attached hydrogen (secondary N) is 1. The van der Waals surface area contributed by atoms with Crippen LogP contribution in [0.1, 0.15) is 50.5 Å². The third kappa shape index (κ3) is 2.84. The summed E-state index contributed by atoms with van der Waals surface area (Å²) in [5, 5.41) is 12.3. The zero-order valence-electron chi connectivity index (χ0n) is 12.6. The van der Waals surface area contributed by atoms with Crippen molar-refractivity contribution in [3.63, 3.8) is 0 Å². The van der Waals surface area contributed by atoms with E-state index in [1.54, 1.807) is 0 Å². The van der Waals surface area contributed by atoms with Crippen LogP contribution in [0.4, 0.5) is 0 Å². The van der Waals surface area contributed by atoms with Crippen molar-refractivity contribution in [3.8, 4) is 0 Å². The molecule has 1 aromatic rings. The molecule has 2 aliphatic rings. The van der Waals surface area contributed by atoms with Crippen LogP contribution in [-0.2, 0) is 10.2 Å². The maximum Gasteiger partial charge on any atom is 0.230 e. The van der Waals surface area contributed by atoms with Crippen molar-refractivity contribution in [2.45, 2.75) is 50.4 Å². The zero-order chi connectivity index (χ0) is 14.8. The lowest BCUT2D eigenvalue weighted by atomic mass is 9.78. The third-order valence-corrected chi connectivity index (χ3v) is 5.44. The lowest BCUT2D eigenvalue weighted by Gasteiger charge is -2.29. The number of benzene rings is 1. The van der Waals surface area contributed by atoms with Crippen molar-refractivity contribution in [1.82, 2.24) is 5.32 Å². The molecule has 1 aromatic carbocycles. The highest BCUT2D eigenvalue weighted by molar-refractivity contribution is 5.88. The molecule has 21 heavy (non-hydrogen) atoms. The highest BCUT2D eigenvalue weighted by atomic mass is 16.3. The normalized spacial score (nSPS) is 22.0. The lowest BCUT2D eigenvalue weighted by molar-refractivity contribution is -0.127. The lowest BCUT2D eigenvalue weighted by Crippen LogP contribution is -2.44. The van der Waals surface area contributed by atoms with Crippen LogP contribution in [0.25, 0.3) is 0 Å². The van der Waals surface area contributed by atoms with E-state index in [1.807, 2.05) is 18.2 Å². The number of aliphatic hydroxyl groups excluding tert-OH is 1. The molecule has 0 aliphatic heterocycles. The number of aliphatic hydroxyl groups is 1. The minimum absolute atomic E-state index is 0.181. The first-order chi connectivity index (χ1) is 10.2. The van der Waals surface area contributed by atoms with Gasteiger partial charge in [-0.2, -0.15) is 0 Å². The van der Waals surface area contributed by atoms with Gasteiger partial charge in [0.25, 0.3) is 0 Å². The van der Waals surface area contributed by atoms with Gasteiger partial charge < -0.3 is 10.4 Å². The number of amides is 1. The molecular weight excluding hydrogens is 262 g/mol. The van der Waals surface area contributed by atoms with E-state index in [0.717, 1.165) is 57.1 Å². The first-order valence-electron chi connectivity index (χ1n) is 8.16. The fourth-order valence-corrected chi connectivity index (χ4v) is 3.75. The predicted molar refractivity (Wildman–Crippen MR) is 83.0 cm³/mol. The Morgan fingerprint density at radius 2 is 1.76 bits per heavy atom. The van der Waals surface area contributed by atoms with E-state index in [1.165, 1.54) is 0 Å². The Hall–Kier alpha value is -1.35. The minimum Gasteiger partial charge on any atom is -0.396 e. The molecule has 2 saturated carbocycles. The summed E-state index contributed by atoms with van der Waals surface area (Å²) in [7, 11) is 0. The molecule has 3 rings (SSSR count). The summed E-state index contributed by atoms with van der Waals surface area (Å²) in [5.41, 5.74) is 1.02. The fourth-order valence-electron chi connectivity index (χ4n) is 3.75. The summed E-state index contributed by atoms with van der Waals surface area (Å²) in [6, 6.07) is 10.2. The van der Waals surface area contributed by atoms with Crippen LogP contribution in [0.15, 0.2) is 30.3 Å². The molecular formula is C18H25NO2. The van der Waals surface area contributed by atoms with Crippen LogP contribution < -0.4 is 5.32 Å². The average molecular weight is 287 g/mol. The number of carbonyl (C=O) groups is 1. The van der Waals surface area contributed by atoms with E-state index in [9.17, 15) is 4.79 Å². The molecule has 2 fully saturated rings. The molecule has 0 unspecified atom stereocenters. The molecule has 3 nitrogen and oxygen atoms in total.